The van der Waals surface area contributed by atoms with E-state index >= 15 is 0 Å². The zero-order valence-electron chi connectivity index (χ0n) is 9.25. The van der Waals surface area contributed by atoms with Crippen molar-refractivity contribution >= 4 is 10.0 Å². The van der Waals surface area contributed by atoms with Crippen LogP contribution >= 0.6 is 0 Å². The van der Waals surface area contributed by atoms with E-state index in [0.717, 1.165) is 0 Å². The lowest BCUT2D eigenvalue weighted by Crippen LogP contribution is -2.30. The third kappa shape index (κ3) is 2.94. The minimum atomic E-state index is -3.49. The van der Waals surface area contributed by atoms with Gasteiger partial charge in [-0.15, -0.1) is 0 Å². The lowest BCUT2D eigenvalue weighted by atomic mass is 10.3. The molecule has 0 amide bonds. The Labute approximate surface area is 95.3 Å². The number of nitrogens with zero attached hydrogens (tertiary/aromatic N) is 1. The lowest BCUT2D eigenvalue weighted by molar-refractivity contribution is 0.185. The summed E-state index contributed by atoms with van der Waals surface area (Å²) in [7, 11) is -0.484. The minimum absolute atomic E-state index is 0.0403. The maximum absolute atomic E-state index is 11.9. The molecule has 1 aromatic rings. The first kappa shape index (κ1) is 13.0. The van der Waals surface area contributed by atoms with Crippen molar-refractivity contribution in [3.05, 3.63) is 24.3 Å². The first-order valence-electron chi connectivity index (χ1n) is 4.73. The van der Waals surface area contributed by atoms with Gasteiger partial charge in [0.25, 0.3) is 0 Å². The highest BCUT2D eigenvalue weighted by Gasteiger charge is 2.19. The van der Waals surface area contributed by atoms with Crippen molar-refractivity contribution in [2.75, 3.05) is 27.3 Å². The molecule has 1 aromatic carbocycles. The van der Waals surface area contributed by atoms with Crippen molar-refractivity contribution in [2.24, 2.45) is 0 Å². The summed E-state index contributed by atoms with van der Waals surface area (Å²) >= 11 is 0. The number of sulfonamides is 1. The van der Waals surface area contributed by atoms with E-state index in [9.17, 15) is 8.42 Å². The second-order valence-corrected chi connectivity index (χ2v) is 5.36. The van der Waals surface area contributed by atoms with Crippen LogP contribution in [0.15, 0.2) is 29.2 Å². The number of phenolic OH excluding ortho intramolecular Hbond substituents is 1. The zero-order chi connectivity index (χ0) is 12.2. The molecule has 0 aliphatic carbocycles. The fourth-order valence-corrected chi connectivity index (χ4v) is 2.29. The van der Waals surface area contributed by atoms with Crippen LogP contribution in [-0.2, 0) is 14.8 Å². The maximum Gasteiger partial charge on any atom is 0.242 e. The number of hydrogen-bond donors (Lipinski definition) is 1. The lowest BCUT2D eigenvalue weighted by Gasteiger charge is -2.16. The Morgan fingerprint density at radius 3 is 2.38 bits per heavy atom. The van der Waals surface area contributed by atoms with Gasteiger partial charge in [-0.3, -0.25) is 0 Å². The van der Waals surface area contributed by atoms with Crippen LogP contribution in [0.5, 0.6) is 5.75 Å². The maximum atomic E-state index is 11.9. The van der Waals surface area contributed by atoms with E-state index in [2.05, 4.69) is 0 Å². The fourth-order valence-electron chi connectivity index (χ4n) is 1.14. The van der Waals surface area contributed by atoms with E-state index in [1.54, 1.807) is 0 Å². The van der Waals surface area contributed by atoms with Crippen LogP contribution in [0.1, 0.15) is 0 Å². The summed E-state index contributed by atoms with van der Waals surface area (Å²) in [5.41, 5.74) is 0. The van der Waals surface area contributed by atoms with Gasteiger partial charge in [0.1, 0.15) is 5.75 Å². The van der Waals surface area contributed by atoms with Gasteiger partial charge in [-0.25, -0.2) is 8.42 Å². The van der Waals surface area contributed by atoms with Crippen molar-refractivity contribution < 1.29 is 18.3 Å². The third-order valence-corrected chi connectivity index (χ3v) is 4.03. The van der Waals surface area contributed by atoms with Gasteiger partial charge >= 0.3 is 0 Å². The second kappa shape index (κ2) is 5.29. The van der Waals surface area contributed by atoms with E-state index < -0.39 is 10.0 Å². The predicted molar refractivity (Wildman–Crippen MR) is 59.8 cm³/mol. The molecular weight excluding hydrogens is 230 g/mol. The summed E-state index contributed by atoms with van der Waals surface area (Å²) in [6, 6.07) is 5.43. The van der Waals surface area contributed by atoms with Gasteiger partial charge in [0.15, 0.2) is 0 Å². The second-order valence-electron chi connectivity index (χ2n) is 3.31. The Balaban J connectivity index is 2.89. The predicted octanol–water partition coefficient (Wildman–Crippen LogP) is 0.659. The van der Waals surface area contributed by atoms with E-state index in [1.807, 2.05) is 0 Å². The van der Waals surface area contributed by atoms with Crippen molar-refractivity contribution in [2.45, 2.75) is 4.90 Å². The molecule has 1 rings (SSSR count). The first-order chi connectivity index (χ1) is 7.48. The Hall–Kier alpha value is -1.11. The number of phenols is 1. The van der Waals surface area contributed by atoms with Crippen LogP contribution in [-0.4, -0.2) is 45.1 Å². The van der Waals surface area contributed by atoms with E-state index in [4.69, 9.17) is 9.84 Å². The Morgan fingerprint density at radius 2 is 1.88 bits per heavy atom. The number of likely N-dealkylation sites (N-methyl/N-ethyl adjacent to an activating group) is 1. The van der Waals surface area contributed by atoms with Gasteiger partial charge in [-0.2, -0.15) is 4.31 Å². The summed E-state index contributed by atoms with van der Waals surface area (Å²) in [6.45, 7) is 0.632. The molecule has 0 unspecified atom stereocenters. The number of aromatic hydroxyl groups is 1. The molecule has 0 heterocycles. The number of hydrogen-bond acceptors (Lipinski definition) is 4. The topological polar surface area (TPSA) is 66.8 Å². The van der Waals surface area contributed by atoms with Gasteiger partial charge in [-0.1, -0.05) is 0 Å². The standard InChI is InChI=1S/C10H15NO4S/c1-11(7-8-15-2)16(13,14)10-5-3-9(12)4-6-10/h3-6,12H,7-8H2,1-2H3. The van der Waals surface area contributed by atoms with Gasteiger partial charge in [0, 0.05) is 20.7 Å². The molecule has 0 aromatic heterocycles. The molecular formula is C10H15NO4S. The van der Waals surface area contributed by atoms with Crippen molar-refractivity contribution in [1.82, 2.24) is 4.31 Å². The molecule has 0 aliphatic rings. The van der Waals surface area contributed by atoms with Crippen LogP contribution in [0.25, 0.3) is 0 Å². The smallest absolute Gasteiger partial charge is 0.242 e. The van der Waals surface area contributed by atoms with Crippen molar-refractivity contribution in [3.8, 4) is 5.75 Å². The molecule has 0 aliphatic heterocycles. The van der Waals surface area contributed by atoms with Crippen LogP contribution < -0.4 is 0 Å². The highest BCUT2D eigenvalue weighted by molar-refractivity contribution is 7.89. The van der Waals surface area contributed by atoms with Crippen LogP contribution in [0.3, 0.4) is 0 Å². The van der Waals surface area contributed by atoms with E-state index in [0.29, 0.717) is 13.2 Å². The number of ether oxygens (including phenoxy) is 1. The fraction of sp³-hybridized carbons (Fsp3) is 0.400. The molecule has 5 nitrogen and oxygen atoms in total. The number of methoxy groups -OCH3 is 1. The number of rotatable bonds is 5. The van der Waals surface area contributed by atoms with Crippen LogP contribution in [0, 0.1) is 0 Å². The first-order valence-corrected chi connectivity index (χ1v) is 6.17. The van der Waals surface area contributed by atoms with Crippen molar-refractivity contribution in [1.29, 1.82) is 0 Å². The monoisotopic (exact) mass is 245 g/mol. The largest absolute Gasteiger partial charge is 0.508 e. The normalized spacial score (nSPS) is 11.9. The summed E-state index contributed by atoms with van der Waals surface area (Å²) in [5.74, 6) is 0.0403. The molecule has 0 bridgehead atoms. The SMILES string of the molecule is COCCN(C)S(=O)(=O)c1ccc(O)cc1. The van der Waals surface area contributed by atoms with Gasteiger partial charge < -0.3 is 9.84 Å². The molecule has 6 heteroatoms. The van der Waals surface area contributed by atoms with E-state index in [1.165, 1.54) is 42.7 Å². The summed E-state index contributed by atoms with van der Waals surface area (Å²) in [5, 5.41) is 9.07. The summed E-state index contributed by atoms with van der Waals surface area (Å²) in [4.78, 5) is 0.156. The number of benzene rings is 1. The molecule has 0 spiro atoms. The molecule has 0 saturated heterocycles. The molecule has 0 fully saturated rings. The van der Waals surface area contributed by atoms with Crippen molar-refractivity contribution in [3.63, 3.8) is 0 Å². The quantitative estimate of drug-likeness (QED) is 0.827. The molecule has 0 radical (unpaired) electrons. The highest BCUT2D eigenvalue weighted by Crippen LogP contribution is 2.17. The third-order valence-electron chi connectivity index (χ3n) is 2.16. The van der Waals surface area contributed by atoms with Crippen LogP contribution in [0.2, 0.25) is 0 Å². The average Bonchev–Trinajstić information content (AvgIpc) is 2.26. The molecule has 1 N–H and O–H groups in total. The summed E-state index contributed by atoms with van der Waals surface area (Å²) < 4.78 is 29.9. The van der Waals surface area contributed by atoms with E-state index in [-0.39, 0.29) is 10.6 Å². The molecule has 90 valence electrons. The Kier molecular flexibility index (Phi) is 4.28. The van der Waals surface area contributed by atoms with Gasteiger partial charge in [0.2, 0.25) is 10.0 Å². The molecule has 0 atom stereocenters. The van der Waals surface area contributed by atoms with Crippen LogP contribution in [0.4, 0.5) is 0 Å². The minimum Gasteiger partial charge on any atom is -0.508 e. The highest BCUT2D eigenvalue weighted by atomic mass is 32.2. The Morgan fingerprint density at radius 1 is 1.31 bits per heavy atom. The Bertz CT molecular complexity index is 427. The molecule has 16 heavy (non-hydrogen) atoms. The van der Waals surface area contributed by atoms with Gasteiger partial charge in [-0.05, 0) is 24.3 Å². The van der Waals surface area contributed by atoms with Gasteiger partial charge in [0.05, 0.1) is 11.5 Å². The molecule has 0 saturated carbocycles. The zero-order valence-corrected chi connectivity index (χ0v) is 10.1. The average molecular weight is 245 g/mol. The summed E-state index contributed by atoms with van der Waals surface area (Å²) in [6.07, 6.45) is 0.